The van der Waals surface area contributed by atoms with Gasteiger partial charge in [0, 0.05) is 30.8 Å². The molecule has 0 spiro atoms. The lowest BCUT2D eigenvalue weighted by Gasteiger charge is -2.64. The van der Waals surface area contributed by atoms with Gasteiger partial charge in [0.15, 0.2) is 18.9 Å². The van der Waals surface area contributed by atoms with Crippen molar-refractivity contribution in [1.82, 2.24) is 0 Å². The second-order valence-electron chi connectivity index (χ2n) is 18.7. The lowest BCUT2D eigenvalue weighted by molar-refractivity contribution is -0.336. The number of cyclic esters (lactones) is 1. The predicted octanol–water partition coefficient (Wildman–Crippen LogP) is 3.25. The van der Waals surface area contributed by atoms with Crippen LogP contribution < -0.4 is 0 Å². The Bertz CT molecular complexity index is 1370. The summed E-state index contributed by atoms with van der Waals surface area (Å²) in [7, 11) is 0. The van der Waals surface area contributed by atoms with Gasteiger partial charge >= 0.3 is 5.97 Å². The molecule has 4 heterocycles. The number of hydrogen-bond donors (Lipinski definition) is 5. The average Bonchev–Trinajstić information content (AvgIpc) is 3.66. The van der Waals surface area contributed by atoms with Crippen LogP contribution in [0.15, 0.2) is 11.6 Å². The molecule has 306 valence electrons. The molecule has 0 aromatic heterocycles. The Hall–Kier alpha value is -1.23. The molecule has 4 aliphatic heterocycles. The molecule has 8 unspecified atom stereocenters. The molecule has 0 amide bonds. The van der Waals surface area contributed by atoms with Crippen molar-refractivity contribution < 1.29 is 63.5 Å². The summed E-state index contributed by atoms with van der Waals surface area (Å²) in [5.41, 5.74) is 0.215. The maximum absolute atomic E-state index is 12.6. The van der Waals surface area contributed by atoms with Gasteiger partial charge in [-0.1, -0.05) is 13.8 Å². The monoisotopic (exact) mass is 764 g/mol. The fourth-order valence-electron chi connectivity index (χ4n) is 12.8. The Labute approximate surface area is 319 Å². The first-order valence-corrected chi connectivity index (χ1v) is 20.8. The van der Waals surface area contributed by atoms with Crippen LogP contribution in [0.1, 0.15) is 112 Å². The van der Waals surface area contributed by atoms with Crippen molar-refractivity contribution in [3.63, 3.8) is 0 Å². The van der Waals surface area contributed by atoms with Gasteiger partial charge in [-0.15, -0.1) is 0 Å². The van der Waals surface area contributed by atoms with E-state index in [1.165, 1.54) is 0 Å². The molecule has 0 radical (unpaired) electrons. The Morgan fingerprint density at radius 1 is 0.685 bits per heavy atom. The minimum absolute atomic E-state index is 0.0243. The van der Waals surface area contributed by atoms with Crippen molar-refractivity contribution >= 4 is 5.97 Å². The van der Waals surface area contributed by atoms with E-state index in [0.29, 0.717) is 18.4 Å². The standard InChI is InChI=1S/C41H64O13/c1-20-36(46)29(42)16-34(49-20)53-38-22(3)51-35(18-31(38)44)54-37-21(2)50-33(17-30(37)43)52-25-8-11-39(4)24(15-25)6-7-28-27(39)9-12-40(5)26(10-13-41(28,40)47)23-14-32(45)48-19-23/h14,20-22,24-31,33-38,42-44,46-47H,6-13,15-19H2,1-5H3/t20-,21-,22-,24?,25?,26?,27?,28?,29+,30+,31+,33+,34+,35+,36-,37-,38-,39?,40?,41?/m1/s1. The maximum Gasteiger partial charge on any atom is 0.331 e. The first-order valence-electron chi connectivity index (χ1n) is 20.8. The molecule has 0 bridgehead atoms. The molecular formula is C41H64O13. The summed E-state index contributed by atoms with van der Waals surface area (Å²) in [6.07, 6.45) is 1.90. The van der Waals surface area contributed by atoms with Gasteiger partial charge < -0.3 is 58.7 Å². The van der Waals surface area contributed by atoms with Crippen LogP contribution in [-0.4, -0.2) is 124 Å². The number of aliphatic hydroxyl groups is 5. The third-order valence-corrected chi connectivity index (χ3v) is 15.9. The van der Waals surface area contributed by atoms with Crippen LogP contribution in [0.5, 0.6) is 0 Å². The highest BCUT2D eigenvalue weighted by molar-refractivity contribution is 5.85. The van der Waals surface area contributed by atoms with Crippen molar-refractivity contribution in [2.75, 3.05) is 6.61 Å². The van der Waals surface area contributed by atoms with Crippen LogP contribution in [0.2, 0.25) is 0 Å². The van der Waals surface area contributed by atoms with E-state index in [2.05, 4.69) is 13.8 Å². The molecule has 0 aromatic carbocycles. The Morgan fingerprint density at radius 2 is 1.30 bits per heavy atom. The SMILES string of the molecule is C[C@H]1O[C@@H](O[C@H]2[C@@H](O)C[C@H](O[C@H]3[C@@H](O)C[C@H](OC4CCC5(C)C(CCC6C5CCC5(C)C(C7=CC(=O)OC7)CCC65O)C4)O[C@@H]3C)O[C@@H]2C)C[C@H](O)[C@@H]1O. The molecule has 13 nitrogen and oxygen atoms in total. The number of esters is 1. The molecule has 3 saturated heterocycles. The molecule has 4 aliphatic carbocycles. The third-order valence-electron chi connectivity index (χ3n) is 15.9. The number of hydrogen-bond acceptors (Lipinski definition) is 13. The van der Waals surface area contributed by atoms with Gasteiger partial charge in [-0.25, -0.2) is 4.79 Å². The largest absolute Gasteiger partial charge is 0.458 e. The topological polar surface area (TPSA) is 183 Å². The molecule has 54 heavy (non-hydrogen) atoms. The van der Waals surface area contributed by atoms with Crippen LogP contribution in [-0.2, 0) is 38.0 Å². The minimum Gasteiger partial charge on any atom is -0.458 e. The normalized spacial score (nSPS) is 55.0. The van der Waals surface area contributed by atoms with E-state index in [1.807, 2.05) is 6.92 Å². The fraction of sp³-hybridized carbons (Fsp3) is 0.927. The zero-order chi connectivity index (χ0) is 38.3. The molecule has 8 aliphatic rings. The molecule has 8 rings (SSSR count). The number of carbonyl (C=O) groups is 1. The molecular weight excluding hydrogens is 700 g/mol. The Kier molecular flexibility index (Phi) is 10.9. The van der Waals surface area contributed by atoms with Crippen molar-refractivity contribution in [1.29, 1.82) is 0 Å². The van der Waals surface area contributed by atoms with Crippen LogP contribution in [0, 0.1) is 34.5 Å². The van der Waals surface area contributed by atoms with Crippen molar-refractivity contribution in [3.05, 3.63) is 11.6 Å². The summed E-state index contributed by atoms with van der Waals surface area (Å²) in [6, 6.07) is 0. The quantitative estimate of drug-likeness (QED) is 0.188. The van der Waals surface area contributed by atoms with Gasteiger partial charge in [-0.2, -0.15) is 0 Å². The van der Waals surface area contributed by atoms with E-state index in [-0.39, 0.29) is 54.0 Å². The van der Waals surface area contributed by atoms with Gasteiger partial charge in [0.1, 0.15) is 24.9 Å². The first kappa shape index (κ1) is 39.6. The summed E-state index contributed by atoms with van der Waals surface area (Å²) in [5.74, 6) is 1.13. The van der Waals surface area contributed by atoms with Gasteiger partial charge in [0.05, 0.1) is 48.3 Å². The van der Waals surface area contributed by atoms with Gasteiger partial charge in [-0.05, 0) is 113 Å². The van der Waals surface area contributed by atoms with E-state index in [1.54, 1.807) is 19.9 Å². The summed E-state index contributed by atoms with van der Waals surface area (Å²) in [6.45, 7) is 10.4. The van der Waals surface area contributed by atoms with Crippen molar-refractivity contribution in [2.24, 2.45) is 34.5 Å². The lowest BCUT2D eigenvalue weighted by atomic mass is 9.43. The van der Waals surface area contributed by atoms with Gasteiger partial charge in [0.2, 0.25) is 0 Å². The number of ether oxygens (including phenoxy) is 7. The molecule has 5 N–H and O–H groups in total. The van der Waals surface area contributed by atoms with Gasteiger partial charge in [0.25, 0.3) is 0 Å². The number of rotatable bonds is 7. The zero-order valence-corrected chi connectivity index (χ0v) is 32.6. The van der Waals surface area contributed by atoms with E-state index < -0.39 is 79.4 Å². The number of fused-ring (bicyclic) bond motifs is 5. The van der Waals surface area contributed by atoms with E-state index in [9.17, 15) is 30.3 Å². The maximum atomic E-state index is 12.6. The smallest absolute Gasteiger partial charge is 0.331 e. The van der Waals surface area contributed by atoms with Crippen LogP contribution >= 0.6 is 0 Å². The predicted molar refractivity (Wildman–Crippen MR) is 191 cm³/mol. The van der Waals surface area contributed by atoms with E-state index in [0.717, 1.165) is 63.4 Å². The highest BCUT2D eigenvalue weighted by atomic mass is 16.7. The zero-order valence-electron chi connectivity index (χ0n) is 32.6. The van der Waals surface area contributed by atoms with Crippen LogP contribution in [0.4, 0.5) is 0 Å². The first-order chi connectivity index (χ1) is 25.6. The molecule has 20 atom stereocenters. The number of aliphatic hydroxyl groups excluding tert-OH is 4. The van der Waals surface area contributed by atoms with Crippen LogP contribution in [0.3, 0.4) is 0 Å². The molecule has 0 aromatic rings. The highest BCUT2D eigenvalue weighted by Crippen LogP contribution is 2.70. The van der Waals surface area contributed by atoms with Crippen LogP contribution in [0.25, 0.3) is 0 Å². The second kappa shape index (κ2) is 14.9. The lowest BCUT2D eigenvalue weighted by Crippen LogP contribution is -2.62. The Morgan fingerprint density at radius 3 is 1.89 bits per heavy atom. The van der Waals surface area contributed by atoms with Crippen molar-refractivity contribution in [3.8, 4) is 0 Å². The summed E-state index contributed by atoms with van der Waals surface area (Å²) >= 11 is 0. The number of carbonyl (C=O) groups excluding carboxylic acids is 1. The minimum atomic E-state index is -0.996. The fourth-order valence-corrected chi connectivity index (χ4v) is 12.8. The molecule has 13 heteroatoms. The molecule has 7 fully saturated rings. The van der Waals surface area contributed by atoms with E-state index >= 15 is 0 Å². The summed E-state index contributed by atoms with van der Waals surface area (Å²) in [5, 5.41) is 55.0. The molecule has 4 saturated carbocycles. The van der Waals surface area contributed by atoms with Gasteiger partial charge in [-0.3, -0.25) is 0 Å². The van der Waals surface area contributed by atoms with E-state index in [4.69, 9.17) is 33.2 Å². The summed E-state index contributed by atoms with van der Waals surface area (Å²) in [4.78, 5) is 11.9. The second-order valence-corrected chi connectivity index (χ2v) is 18.7. The summed E-state index contributed by atoms with van der Waals surface area (Å²) < 4.78 is 42.2. The Balaban J connectivity index is 0.826. The van der Waals surface area contributed by atoms with Crippen molar-refractivity contribution in [2.45, 2.75) is 197 Å². The highest BCUT2D eigenvalue weighted by Gasteiger charge is 2.68. The average molecular weight is 765 g/mol. The third kappa shape index (κ3) is 6.82.